The van der Waals surface area contributed by atoms with Crippen LogP contribution < -0.4 is 5.32 Å². The van der Waals surface area contributed by atoms with E-state index < -0.39 is 6.67 Å². The van der Waals surface area contributed by atoms with Crippen molar-refractivity contribution < 1.29 is 9.18 Å². The van der Waals surface area contributed by atoms with E-state index in [0.29, 0.717) is 12.1 Å². The lowest BCUT2D eigenvalue weighted by molar-refractivity contribution is -0.127. The first kappa shape index (κ1) is 18.9. The van der Waals surface area contributed by atoms with Gasteiger partial charge in [0.1, 0.15) is 6.67 Å². The highest BCUT2D eigenvalue weighted by molar-refractivity contribution is 5.78. The van der Waals surface area contributed by atoms with Gasteiger partial charge in [-0.2, -0.15) is 0 Å². The maximum atomic E-state index is 12.3. The van der Waals surface area contributed by atoms with Crippen molar-refractivity contribution in [1.29, 1.82) is 0 Å². The number of fused-ring (bicyclic) bond motifs is 1. The SMILES string of the molecule is O=C(NCCF)C1CCCN(C2CCN(C3Cc4ccccc4C3)CC2)C1. The highest BCUT2D eigenvalue weighted by Gasteiger charge is 2.34. The van der Waals surface area contributed by atoms with Gasteiger partial charge in [0.05, 0.1) is 5.92 Å². The summed E-state index contributed by atoms with van der Waals surface area (Å²) in [6.07, 6.45) is 6.81. The zero-order valence-corrected chi connectivity index (χ0v) is 16.2. The fraction of sp³-hybridized carbons (Fsp3) is 0.682. The Balaban J connectivity index is 1.26. The Labute approximate surface area is 162 Å². The number of nitrogens with zero attached hydrogens (tertiary/aromatic N) is 2. The van der Waals surface area contributed by atoms with Gasteiger partial charge in [-0.1, -0.05) is 24.3 Å². The minimum absolute atomic E-state index is 0.0349. The van der Waals surface area contributed by atoms with E-state index in [2.05, 4.69) is 39.4 Å². The molecule has 27 heavy (non-hydrogen) atoms. The van der Waals surface area contributed by atoms with Crippen molar-refractivity contribution in [2.24, 2.45) is 5.92 Å². The zero-order valence-electron chi connectivity index (χ0n) is 16.2. The average Bonchev–Trinajstić information content (AvgIpc) is 3.16. The highest BCUT2D eigenvalue weighted by Crippen LogP contribution is 2.29. The van der Waals surface area contributed by atoms with Crippen LogP contribution in [0.25, 0.3) is 0 Å². The maximum Gasteiger partial charge on any atom is 0.224 e. The van der Waals surface area contributed by atoms with Gasteiger partial charge in [0.25, 0.3) is 0 Å². The van der Waals surface area contributed by atoms with E-state index in [0.717, 1.165) is 25.9 Å². The van der Waals surface area contributed by atoms with Crippen molar-refractivity contribution in [3.63, 3.8) is 0 Å². The summed E-state index contributed by atoms with van der Waals surface area (Å²) in [6.45, 7) is 3.95. The molecule has 0 aromatic heterocycles. The number of rotatable bonds is 5. The number of nitrogens with one attached hydrogen (secondary N) is 1. The molecule has 1 atom stereocenters. The third kappa shape index (κ3) is 4.35. The van der Waals surface area contributed by atoms with Gasteiger partial charge < -0.3 is 5.32 Å². The molecule has 0 spiro atoms. The van der Waals surface area contributed by atoms with Crippen LogP contribution in [0.5, 0.6) is 0 Å². The summed E-state index contributed by atoms with van der Waals surface area (Å²) < 4.78 is 12.3. The quantitative estimate of drug-likeness (QED) is 0.861. The second kappa shape index (κ2) is 8.70. The van der Waals surface area contributed by atoms with E-state index in [1.165, 1.54) is 49.9 Å². The van der Waals surface area contributed by atoms with Gasteiger partial charge in [0, 0.05) is 25.2 Å². The second-order valence-corrected chi connectivity index (χ2v) is 8.41. The van der Waals surface area contributed by atoms with Crippen LogP contribution in [-0.2, 0) is 17.6 Å². The van der Waals surface area contributed by atoms with Crippen molar-refractivity contribution in [1.82, 2.24) is 15.1 Å². The first-order valence-corrected chi connectivity index (χ1v) is 10.6. The van der Waals surface area contributed by atoms with Gasteiger partial charge in [-0.25, -0.2) is 4.39 Å². The molecule has 1 N–H and O–H groups in total. The molecular weight excluding hydrogens is 341 g/mol. The van der Waals surface area contributed by atoms with Crippen LogP contribution in [-0.4, -0.2) is 67.2 Å². The van der Waals surface area contributed by atoms with Gasteiger partial charge in [0.2, 0.25) is 5.91 Å². The lowest BCUT2D eigenvalue weighted by Gasteiger charge is -2.43. The molecule has 1 unspecified atom stereocenters. The van der Waals surface area contributed by atoms with Gasteiger partial charge in [-0.05, 0) is 69.3 Å². The van der Waals surface area contributed by atoms with E-state index in [-0.39, 0.29) is 18.4 Å². The van der Waals surface area contributed by atoms with E-state index >= 15 is 0 Å². The van der Waals surface area contributed by atoms with Crippen LogP contribution in [0.2, 0.25) is 0 Å². The number of carbonyl (C=O) groups excluding carboxylic acids is 1. The molecular formula is C22H32FN3O. The number of benzene rings is 1. The third-order valence-corrected chi connectivity index (χ3v) is 6.78. The molecule has 4 nitrogen and oxygen atoms in total. The van der Waals surface area contributed by atoms with Crippen LogP contribution in [0.1, 0.15) is 36.8 Å². The molecule has 2 heterocycles. The van der Waals surface area contributed by atoms with Crippen molar-refractivity contribution in [3.05, 3.63) is 35.4 Å². The number of carbonyl (C=O) groups is 1. The first-order valence-electron chi connectivity index (χ1n) is 10.6. The monoisotopic (exact) mass is 373 g/mol. The van der Waals surface area contributed by atoms with Gasteiger partial charge >= 0.3 is 0 Å². The molecule has 5 heteroatoms. The second-order valence-electron chi connectivity index (χ2n) is 8.41. The summed E-state index contributed by atoms with van der Waals surface area (Å²) in [7, 11) is 0. The Morgan fingerprint density at radius 1 is 1.00 bits per heavy atom. The Morgan fingerprint density at radius 3 is 2.37 bits per heavy atom. The molecule has 2 aliphatic heterocycles. The summed E-state index contributed by atoms with van der Waals surface area (Å²) in [6, 6.07) is 10.1. The van der Waals surface area contributed by atoms with E-state index in [1.807, 2.05) is 0 Å². The molecule has 2 fully saturated rings. The standard InChI is InChI=1S/C22H32FN3O/c23-9-10-24-22(27)19-6-3-11-26(16-19)20-7-12-25(13-8-20)21-14-17-4-1-2-5-18(17)15-21/h1-2,4-5,19-21H,3,6-16H2,(H,24,27). The lowest BCUT2D eigenvalue weighted by atomic mass is 9.92. The first-order chi connectivity index (χ1) is 13.2. The van der Waals surface area contributed by atoms with E-state index in [1.54, 1.807) is 0 Å². The number of hydrogen-bond donors (Lipinski definition) is 1. The van der Waals surface area contributed by atoms with Crippen molar-refractivity contribution in [3.8, 4) is 0 Å². The molecule has 1 aromatic rings. The Morgan fingerprint density at radius 2 is 1.70 bits per heavy atom. The number of amides is 1. The summed E-state index contributed by atoms with van der Waals surface area (Å²) in [5.74, 6) is 0.0752. The molecule has 1 aliphatic carbocycles. The minimum atomic E-state index is -0.480. The van der Waals surface area contributed by atoms with Crippen molar-refractivity contribution >= 4 is 5.91 Å². The number of halogens is 1. The summed E-state index contributed by atoms with van der Waals surface area (Å²) in [4.78, 5) is 17.4. The molecule has 1 amide bonds. The van der Waals surface area contributed by atoms with Gasteiger partial charge in [0.15, 0.2) is 0 Å². The highest BCUT2D eigenvalue weighted by atomic mass is 19.1. The van der Waals surface area contributed by atoms with Crippen LogP contribution in [0.15, 0.2) is 24.3 Å². The predicted molar refractivity (Wildman–Crippen MR) is 106 cm³/mol. The van der Waals surface area contributed by atoms with Crippen molar-refractivity contribution in [2.75, 3.05) is 39.4 Å². The lowest BCUT2D eigenvalue weighted by Crippen LogP contribution is -2.52. The average molecular weight is 374 g/mol. The minimum Gasteiger partial charge on any atom is -0.353 e. The Bertz CT molecular complexity index is 619. The van der Waals surface area contributed by atoms with Crippen LogP contribution in [0.4, 0.5) is 4.39 Å². The summed E-state index contributed by atoms with van der Waals surface area (Å²) >= 11 is 0. The fourth-order valence-electron chi connectivity index (χ4n) is 5.28. The van der Waals surface area contributed by atoms with Crippen molar-refractivity contribution in [2.45, 2.75) is 50.6 Å². The van der Waals surface area contributed by atoms with Crippen LogP contribution in [0.3, 0.4) is 0 Å². The van der Waals surface area contributed by atoms with Gasteiger partial charge in [-0.3, -0.25) is 14.6 Å². The summed E-state index contributed by atoms with van der Waals surface area (Å²) in [5, 5.41) is 2.73. The molecule has 1 aromatic carbocycles. The van der Waals surface area contributed by atoms with Crippen LogP contribution in [0, 0.1) is 5.92 Å². The number of piperidine rings is 2. The van der Waals surface area contributed by atoms with E-state index in [9.17, 15) is 9.18 Å². The molecule has 3 aliphatic rings. The molecule has 0 bridgehead atoms. The Kier molecular flexibility index (Phi) is 6.08. The molecule has 0 saturated carbocycles. The molecule has 2 saturated heterocycles. The third-order valence-electron chi connectivity index (χ3n) is 6.78. The molecule has 148 valence electrons. The van der Waals surface area contributed by atoms with Crippen LogP contribution >= 0.6 is 0 Å². The predicted octanol–water partition coefficient (Wildman–Crippen LogP) is 2.42. The zero-order chi connectivity index (χ0) is 18.6. The molecule has 0 radical (unpaired) electrons. The maximum absolute atomic E-state index is 12.3. The largest absolute Gasteiger partial charge is 0.353 e. The summed E-state index contributed by atoms with van der Waals surface area (Å²) in [5.41, 5.74) is 3.06. The topological polar surface area (TPSA) is 35.6 Å². The van der Waals surface area contributed by atoms with E-state index in [4.69, 9.17) is 0 Å². The number of alkyl halides is 1. The molecule has 4 rings (SSSR count). The Hall–Kier alpha value is -1.46. The number of likely N-dealkylation sites (tertiary alicyclic amines) is 2. The smallest absolute Gasteiger partial charge is 0.224 e. The normalized spacial score (nSPS) is 25.4. The fourth-order valence-corrected chi connectivity index (χ4v) is 5.28. The number of hydrogen-bond acceptors (Lipinski definition) is 3. The van der Waals surface area contributed by atoms with Gasteiger partial charge in [-0.15, -0.1) is 0 Å².